The molecule has 34 heavy (non-hydrogen) atoms. The molecule has 2 N–H and O–H groups in total. The molecular formula is C24H21F3N2O4S. The largest absolute Gasteiger partial charge is 0.497 e. The first kappa shape index (κ1) is 24.8. The van der Waals surface area contributed by atoms with Crippen molar-refractivity contribution in [3.8, 4) is 5.75 Å². The van der Waals surface area contributed by atoms with E-state index in [4.69, 9.17) is 4.74 Å². The maximum Gasteiger partial charge on any atom is 0.416 e. The Hall–Kier alpha value is -3.79. The molecule has 3 rings (SSSR count). The molecule has 0 spiro atoms. The van der Waals surface area contributed by atoms with Gasteiger partial charge in [0.05, 0.1) is 17.6 Å². The molecule has 0 unspecified atom stereocenters. The summed E-state index contributed by atoms with van der Waals surface area (Å²) in [6.45, 7) is 0.0650. The van der Waals surface area contributed by atoms with Crippen LogP contribution in [0.2, 0.25) is 0 Å². The SMILES string of the molecule is COc1ccc(NS(=O)(=O)c2ccc(/C=C/C(=O)NCc3ccc(C(F)(F)F)cc3)cc2)cc1. The van der Waals surface area contributed by atoms with Crippen LogP contribution < -0.4 is 14.8 Å². The van der Waals surface area contributed by atoms with E-state index in [1.54, 1.807) is 36.4 Å². The Balaban J connectivity index is 1.55. The highest BCUT2D eigenvalue weighted by atomic mass is 32.2. The summed E-state index contributed by atoms with van der Waals surface area (Å²) in [6, 6.07) is 16.8. The zero-order valence-electron chi connectivity index (χ0n) is 18.0. The van der Waals surface area contributed by atoms with Crippen molar-refractivity contribution in [2.75, 3.05) is 11.8 Å². The van der Waals surface area contributed by atoms with Crippen LogP contribution in [0, 0.1) is 0 Å². The summed E-state index contributed by atoms with van der Waals surface area (Å²) in [5.41, 5.74) is 0.739. The van der Waals surface area contributed by atoms with Gasteiger partial charge < -0.3 is 10.1 Å². The molecule has 3 aromatic rings. The van der Waals surface area contributed by atoms with Crippen LogP contribution in [0.25, 0.3) is 6.08 Å². The van der Waals surface area contributed by atoms with Gasteiger partial charge in [0.25, 0.3) is 10.0 Å². The van der Waals surface area contributed by atoms with E-state index >= 15 is 0 Å². The second kappa shape index (κ2) is 10.4. The van der Waals surface area contributed by atoms with Crippen molar-refractivity contribution in [3.05, 3.63) is 95.6 Å². The van der Waals surface area contributed by atoms with Gasteiger partial charge in [0.1, 0.15) is 5.75 Å². The molecule has 0 radical (unpaired) electrons. The van der Waals surface area contributed by atoms with E-state index in [1.807, 2.05) is 0 Å². The summed E-state index contributed by atoms with van der Waals surface area (Å²) < 4.78 is 70.4. The molecule has 0 aliphatic rings. The lowest BCUT2D eigenvalue weighted by Crippen LogP contribution is -2.20. The average Bonchev–Trinajstić information content (AvgIpc) is 2.81. The van der Waals surface area contributed by atoms with Crippen molar-refractivity contribution < 1.29 is 31.1 Å². The minimum Gasteiger partial charge on any atom is -0.497 e. The molecule has 0 fully saturated rings. The predicted octanol–water partition coefficient (Wildman–Crippen LogP) is 4.84. The summed E-state index contributed by atoms with van der Waals surface area (Å²) >= 11 is 0. The molecule has 0 aromatic heterocycles. The maximum absolute atomic E-state index is 12.6. The first-order valence-electron chi connectivity index (χ1n) is 9.96. The summed E-state index contributed by atoms with van der Waals surface area (Å²) in [5, 5.41) is 2.58. The molecule has 0 aliphatic carbocycles. The number of methoxy groups -OCH3 is 1. The number of hydrogen-bond acceptors (Lipinski definition) is 4. The van der Waals surface area contributed by atoms with Gasteiger partial charge in [-0.3, -0.25) is 9.52 Å². The van der Waals surface area contributed by atoms with E-state index in [0.29, 0.717) is 22.6 Å². The van der Waals surface area contributed by atoms with Crippen LogP contribution >= 0.6 is 0 Å². The molecule has 10 heteroatoms. The van der Waals surface area contributed by atoms with Gasteiger partial charge >= 0.3 is 6.18 Å². The van der Waals surface area contributed by atoms with Gasteiger partial charge in [-0.05, 0) is 65.7 Å². The first-order valence-corrected chi connectivity index (χ1v) is 11.4. The van der Waals surface area contributed by atoms with Gasteiger partial charge in [-0.15, -0.1) is 0 Å². The van der Waals surface area contributed by atoms with Crippen molar-refractivity contribution in [1.29, 1.82) is 0 Å². The van der Waals surface area contributed by atoms with Gasteiger partial charge in [-0.2, -0.15) is 13.2 Å². The van der Waals surface area contributed by atoms with Crippen LogP contribution in [-0.4, -0.2) is 21.4 Å². The topological polar surface area (TPSA) is 84.5 Å². The van der Waals surface area contributed by atoms with E-state index in [0.717, 1.165) is 12.1 Å². The Morgan fingerprint density at radius 1 is 0.941 bits per heavy atom. The zero-order chi connectivity index (χ0) is 24.8. The molecular weight excluding hydrogens is 469 g/mol. The Morgan fingerprint density at radius 3 is 2.12 bits per heavy atom. The molecule has 0 saturated carbocycles. The fourth-order valence-corrected chi connectivity index (χ4v) is 3.92. The monoisotopic (exact) mass is 490 g/mol. The second-order valence-corrected chi connectivity index (χ2v) is 8.83. The number of alkyl halides is 3. The summed E-state index contributed by atoms with van der Waals surface area (Å²) in [7, 11) is -2.29. The molecule has 6 nitrogen and oxygen atoms in total. The highest BCUT2D eigenvalue weighted by Gasteiger charge is 2.29. The summed E-state index contributed by atoms with van der Waals surface area (Å²) in [5.74, 6) is 0.153. The van der Waals surface area contributed by atoms with E-state index in [2.05, 4.69) is 10.0 Å². The zero-order valence-corrected chi connectivity index (χ0v) is 18.8. The third-order valence-electron chi connectivity index (χ3n) is 4.71. The number of benzene rings is 3. The van der Waals surface area contributed by atoms with Crippen molar-refractivity contribution >= 4 is 27.7 Å². The summed E-state index contributed by atoms with van der Waals surface area (Å²) in [4.78, 5) is 12.0. The Bertz CT molecular complexity index is 1250. The number of carbonyl (C=O) groups excluding carboxylic acids is 1. The van der Waals surface area contributed by atoms with Crippen LogP contribution in [0.5, 0.6) is 5.75 Å². The third-order valence-corrected chi connectivity index (χ3v) is 6.10. The molecule has 0 saturated heterocycles. The van der Waals surface area contributed by atoms with Crippen molar-refractivity contribution in [2.45, 2.75) is 17.6 Å². The van der Waals surface area contributed by atoms with Crippen LogP contribution in [0.15, 0.2) is 83.8 Å². The highest BCUT2D eigenvalue weighted by molar-refractivity contribution is 7.92. The van der Waals surface area contributed by atoms with Crippen LogP contribution in [0.4, 0.5) is 18.9 Å². The highest BCUT2D eigenvalue weighted by Crippen LogP contribution is 2.29. The lowest BCUT2D eigenvalue weighted by Gasteiger charge is -2.09. The van der Waals surface area contributed by atoms with Crippen LogP contribution in [0.3, 0.4) is 0 Å². The van der Waals surface area contributed by atoms with Crippen LogP contribution in [-0.2, 0) is 27.5 Å². The van der Waals surface area contributed by atoms with Crippen LogP contribution in [0.1, 0.15) is 16.7 Å². The molecule has 0 bridgehead atoms. The number of nitrogens with one attached hydrogen (secondary N) is 2. The van der Waals surface area contributed by atoms with Gasteiger partial charge in [0, 0.05) is 18.3 Å². The minimum absolute atomic E-state index is 0.0484. The number of sulfonamides is 1. The number of carbonyl (C=O) groups is 1. The Labute approximate surface area is 195 Å². The van der Waals surface area contributed by atoms with Gasteiger partial charge in [-0.1, -0.05) is 24.3 Å². The predicted molar refractivity (Wildman–Crippen MR) is 123 cm³/mol. The molecule has 1 amide bonds. The second-order valence-electron chi connectivity index (χ2n) is 7.15. The fourth-order valence-electron chi connectivity index (χ4n) is 2.86. The molecule has 0 heterocycles. The molecule has 0 aliphatic heterocycles. The van der Waals surface area contributed by atoms with E-state index < -0.39 is 27.7 Å². The lowest BCUT2D eigenvalue weighted by molar-refractivity contribution is -0.137. The maximum atomic E-state index is 12.6. The van der Waals surface area contributed by atoms with Gasteiger partial charge in [0.15, 0.2) is 0 Å². The number of anilines is 1. The number of rotatable bonds is 8. The van der Waals surface area contributed by atoms with E-state index in [-0.39, 0.29) is 11.4 Å². The standard InChI is InChI=1S/C24H21F3N2O4S/c1-33-21-11-9-20(10-12-21)29-34(31,32)22-13-4-17(5-14-22)6-15-23(30)28-16-18-2-7-19(8-3-18)24(25,26)27/h2-15,29H,16H2,1H3,(H,28,30)/b15-6+. The lowest BCUT2D eigenvalue weighted by atomic mass is 10.1. The smallest absolute Gasteiger partial charge is 0.416 e. The molecule has 0 atom stereocenters. The number of amides is 1. The van der Waals surface area contributed by atoms with Crippen molar-refractivity contribution in [2.24, 2.45) is 0 Å². The van der Waals surface area contributed by atoms with Gasteiger partial charge in [-0.25, -0.2) is 8.42 Å². The Kier molecular flexibility index (Phi) is 7.62. The Morgan fingerprint density at radius 2 is 1.56 bits per heavy atom. The average molecular weight is 491 g/mol. The summed E-state index contributed by atoms with van der Waals surface area (Å²) in [6.07, 6.45) is -1.66. The van der Waals surface area contributed by atoms with E-state index in [9.17, 15) is 26.4 Å². The fraction of sp³-hybridized carbons (Fsp3) is 0.125. The first-order chi connectivity index (χ1) is 16.1. The minimum atomic E-state index is -4.41. The van der Waals surface area contributed by atoms with Crippen molar-refractivity contribution in [3.63, 3.8) is 0 Å². The molecule has 3 aromatic carbocycles. The normalized spacial score (nSPS) is 11.9. The van der Waals surface area contributed by atoms with E-state index in [1.165, 1.54) is 43.5 Å². The number of hydrogen-bond donors (Lipinski definition) is 2. The van der Waals surface area contributed by atoms with Crippen molar-refractivity contribution in [1.82, 2.24) is 5.32 Å². The quantitative estimate of drug-likeness (QED) is 0.443. The number of ether oxygens (including phenoxy) is 1. The molecule has 178 valence electrons. The third kappa shape index (κ3) is 6.85. The number of halogens is 3. The van der Waals surface area contributed by atoms with Gasteiger partial charge in [0.2, 0.25) is 5.91 Å².